The summed E-state index contributed by atoms with van der Waals surface area (Å²) in [5.74, 6) is -2.58. The van der Waals surface area contributed by atoms with Crippen molar-refractivity contribution in [2.45, 2.75) is 57.5 Å². The molecule has 0 aromatic rings. The Balaban J connectivity index is 2.64. The summed E-state index contributed by atoms with van der Waals surface area (Å²) in [6, 6.07) is -1.77. The number of amides is 2. The summed E-state index contributed by atoms with van der Waals surface area (Å²) in [7, 11) is 0. The van der Waals surface area contributed by atoms with Crippen molar-refractivity contribution in [2.24, 2.45) is 0 Å². The molecule has 1 aliphatic rings. The minimum Gasteiger partial charge on any atom is -0.481 e. The van der Waals surface area contributed by atoms with Gasteiger partial charge in [-0.1, -0.05) is 19.3 Å². The van der Waals surface area contributed by atoms with E-state index in [2.05, 4.69) is 5.32 Å². The molecule has 0 radical (unpaired) electrons. The standard InChI is InChI=1S/C13H22N2O5/c1-2-15(9-6-4-3-5-7-9)13(20)14-10(12(18)19)8-11(16)17/h9-10H,2-8H2,1H3,(H,14,20)(H,16,17)(H,18,19). The summed E-state index contributed by atoms with van der Waals surface area (Å²) in [6.45, 7) is 2.32. The molecule has 2 amide bonds. The van der Waals surface area contributed by atoms with Crippen molar-refractivity contribution in [3.05, 3.63) is 0 Å². The van der Waals surface area contributed by atoms with Crippen LogP contribution < -0.4 is 5.32 Å². The second-order valence-corrected chi connectivity index (χ2v) is 5.02. The first-order valence-electron chi connectivity index (χ1n) is 6.97. The van der Waals surface area contributed by atoms with Crippen LogP contribution in [0.25, 0.3) is 0 Å². The number of carboxylic acids is 2. The second-order valence-electron chi connectivity index (χ2n) is 5.02. The van der Waals surface area contributed by atoms with Crippen LogP contribution in [0.5, 0.6) is 0 Å². The number of nitrogens with one attached hydrogen (secondary N) is 1. The van der Waals surface area contributed by atoms with Gasteiger partial charge in [-0.05, 0) is 19.8 Å². The number of carbonyl (C=O) groups is 3. The van der Waals surface area contributed by atoms with E-state index in [9.17, 15) is 14.4 Å². The van der Waals surface area contributed by atoms with Gasteiger partial charge in [0.05, 0.1) is 6.42 Å². The molecule has 0 aromatic carbocycles. The lowest BCUT2D eigenvalue weighted by molar-refractivity contribution is -0.145. The van der Waals surface area contributed by atoms with Crippen LogP contribution in [0.2, 0.25) is 0 Å². The van der Waals surface area contributed by atoms with Crippen molar-refractivity contribution in [1.82, 2.24) is 10.2 Å². The lowest BCUT2D eigenvalue weighted by Gasteiger charge is -2.34. The summed E-state index contributed by atoms with van der Waals surface area (Å²) < 4.78 is 0. The minimum atomic E-state index is -1.39. The maximum atomic E-state index is 12.1. The average molecular weight is 286 g/mol. The number of rotatable bonds is 6. The van der Waals surface area contributed by atoms with E-state index >= 15 is 0 Å². The van der Waals surface area contributed by atoms with E-state index in [1.165, 1.54) is 0 Å². The first-order chi connectivity index (χ1) is 9.45. The van der Waals surface area contributed by atoms with Crippen LogP contribution in [0, 0.1) is 0 Å². The van der Waals surface area contributed by atoms with Gasteiger partial charge in [-0.3, -0.25) is 4.79 Å². The molecular weight excluding hydrogens is 264 g/mol. The molecule has 0 aliphatic heterocycles. The van der Waals surface area contributed by atoms with Crippen molar-refractivity contribution in [1.29, 1.82) is 0 Å². The van der Waals surface area contributed by atoms with Gasteiger partial charge < -0.3 is 20.4 Å². The Morgan fingerprint density at radius 1 is 1.20 bits per heavy atom. The average Bonchev–Trinajstić information content (AvgIpc) is 2.39. The lowest BCUT2D eigenvalue weighted by atomic mass is 9.94. The molecule has 0 spiro atoms. The maximum absolute atomic E-state index is 12.1. The molecule has 1 unspecified atom stereocenters. The first kappa shape index (κ1) is 16.3. The minimum absolute atomic E-state index is 0.119. The van der Waals surface area contributed by atoms with Crippen molar-refractivity contribution in [3.8, 4) is 0 Å². The molecule has 0 heterocycles. The van der Waals surface area contributed by atoms with Gasteiger partial charge in [-0.25, -0.2) is 9.59 Å². The van der Waals surface area contributed by atoms with Crippen molar-refractivity contribution in [2.75, 3.05) is 6.54 Å². The van der Waals surface area contributed by atoms with Crippen LogP contribution in [0.3, 0.4) is 0 Å². The molecule has 1 rings (SSSR count). The number of carbonyl (C=O) groups excluding carboxylic acids is 1. The Morgan fingerprint density at radius 3 is 2.25 bits per heavy atom. The molecular formula is C13H22N2O5. The number of aliphatic carboxylic acids is 2. The van der Waals surface area contributed by atoms with Gasteiger partial charge in [0.15, 0.2) is 0 Å². The third-order valence-corrected chi connectivity index (χ3v) is 3.59. The van der Waals surface area contributed by atoms with Crippen LogP contribution in [-0.4, -0.2) is 51.7 Å². The molecule has 7 nitrogen and oxygen atoms in total. The van der Waals surface area contributed by atoms with Crippen LogP contribution in [0.4, 0.5) is 4.79 Å². The Kier molecular flexibility index (Phi) is 6.27. The number of nitrogens with zero attached hydrogens (tertiary/aromatic N) is 1. The molecule has 0 aromatic heterocycles. The molecule has 7 heteroatoms. The predicted octanol–water partition coefficient (Wildman–Crippen LogP) is 1.28. The van der Waals surface area contributed by atoms with Crippen molar-refractivity contribution >= 4 is 18.0 Å². The summed E-state index contributed by atoms with van der Waals surface area (Å²) in [5.41, 5.74) is 0. The van der Waals surface area contributed by atoms with Crippen LogP contribution >= 0.6 is 0 Å². The van der Waals surface area contributed by atoms with Gasteiger partial charge in [-0.2, -0.15) is 0 Å². The van der Waals surface area contributed by atoms with Crippen LogP contribution in [0.1, 0.15) is 45.4 Å². The topological polar surface area (TPSA) is 107 Å². The fraction of sp³-hybridized carbons (Fsp3) is 0.769. The molecule has 114 valence electrons. The third kappa shape index (κ3) is 4.71. The number of carboxylic acid groups (broad SMARTS) is 2. The largest absolute Gasteiger partial charge is 0.481 e. The van der Waals surface area contributed by atoms with Crippen LogP contribution in [-0.2, 0) is 9.59 Å². The van der Waals surface area contributed by atoms with E-state index in [4.69, 9.17) is 10.2 Å². The third-order valence-electron chi connectivity index (χ3n) is 3.59. The van der Waals surface area contributed by atoms with E-state index in [0.717, 1.165) is 32.1 Å². The quantitative estimate of drug-likeness (QED) is 0.681. The summed E-state index contributed by atoms with van der Waals surface area (Å²) in [5, 5.41) is 19.9. The Bertz CT molecular complexity index is 366. The van der Waals surface area contributed by atoms with E-state index in [-0.39, 0.29) is 6.04 Å². The van der Waals surface area contributed by atoms with Gasteiger partial charge >= 0.3 is 18.0 Å². The number of hydrogen-bond donors (Lipinski definition) is 3. The first-order valence-corrected chi connectivity index (χ1v) is 6.97. The zero-order valence-electron chi connectivity index (χ0n) is 11.7. The molecule has 1 fully saturated rings. The highest BCUT2D eigenvalue weighted by molar-refractivity contribution is 5.86. The predicted molar refractivity (Wildman–Crippen MR) is 71.5 cm³/mol. The van der Waals surface area contributed by atoms with Gasteiger partial charge in [0.25, 0.3) is 0 Å². The maximum Gasteiger partial charge on any atom is 0.326 e. The number of urea groups is 1. The second kappa shape index (κ2) is 7.72. The summed E-state index contributed by atoms with van der Waals surface area (Å²) in [6.07, 6.45) is 4.49. The molecule has 0 bridgehead atoms. The van der Waals surface area contributed by atoms with E-state index < -0.39 is 30.4 Å². The van der Waals surface area contributed by atoms with Gasteiger partial charge in [-0.15, -0.1) is 0 Å². The SMILES string of the molecule is CCN(C(=O)NC(CC(=O)O)C(=O)O)C1CCCCC1. The van der Waals surface area contributed by atoms with Crippen molar-refractivity contribution in [3.63, 3.8) is 0 Å². The van der Waals surface area contributed by atoms with Crippen LogP contribution in [0.15, 0.2) is 0 Å². The summed E-state index contributed by atoms with van der Waals surface area (Å²) in [4.78, 5) is 35.3. The highest BCUT2D eigenvalue weighted by Crippen LogP contribution is 2.22. The molecule has 0 saturated heterocycles. The Hall–Kier alpha value is -1.79. The highest BCUT2D eigenvalue weighted by atomic mass is 16.4. The smallest absolute Gasteiger partial charge is 0.326 e. The number of hydrogen-bond acceptors (Lipinski definition) is 3. The highest BCUT2D eigenvalue weighted by Gasteiger charge is 2.28. The van der Waals surface area contributed by atoms with E-state index in [1.807, 2.05) is 6.92 Å². The zero-order valence-corrected chi connectivity index (χ0v) is 11.7. The fourth-order valence-electron chi connectivity index (χ4n) is 2.57. The van der Waals surface area contributed by atoms with E-state index in [1.54, 1.807) is 4.90 Å². The Labute approximate surface area is 117 Å². The summed E-state index contributed by atoms with van der Waals surface area (Å²) >= 11 is 0. The molecule has 3 N–H and O–H groups in total. The lowest BCUT2D eigenvalue weighted by Crippen LogP contribution is -2.52. The monoisotopic (exact) mass is 286 g/mol. The molecule has 20 heavy (non-hydrogen) atoms. The fourth-order valence-corrected chi connectivity index (χ4v) is 2.57. The van der Waals surface area contributed by atoms with Crippen molar-refractivity contribution < 1.29 is 24.6 Å². The zero-order chi connectivity index (χ0) is 15.1. The van der Waals surface area contributed by atoms with Gasteiger partial charge in [0.2, 0.25) is 0 Å². The van der Waals surface area contributed by atoms with Gasteiger partial charge in [0.1, 0.15) is 6.04 Å². The normalized spacial score (nSPS) is 17.2. The molecule has 1 aliphatic carbocycles. The molecule has 1 atom stereocenters. The Morgan fingerprint density at radius 2 is 1.80 bits per heavy atom. The van der Waals surface area contributed by atoms with Gasteiger partial charge in [0, 0.05) is 12.6 Å². The van der Waals surface area contributed by atoms with E-state index in [0.29, 0.717) is 6.54 Å². The molecule has 1 saturated carbocycles.